The first-order chi connectivity index (χ1) is 32.2. The summed E-state index contributed by atoms with van der Waals surface area (Å²) in [6.07, 6.45) is 13.4. The van der Waals surface area contributed by atoms with Crippen LogP contribution in [0.2, 0.25) is 0 Å². The van der Waals surface area contributed by atoms with Crippen LogP contribution in [-0.2, 0) is 48.1 Å². The number of ketones is 2. The predicted octanol–water partition coefficient (Wildman–Crippen LogP) is 5.61. The van der Waals surface area contributed by atoms with E-state index in [1.165, 1.54) is 16.3 Å². The molecule has 5 aliphatic heterocycles. The Bertz CT molecular complexity index is 2040. The summed E-state index contributed by atoms with van der Waals surface area (Å²) < 4.78 is 52.2. The van der Waals surface area contributed by atoms with Crippen LogP contribution >= 0.6 is 0 Å². The van der Waals surface area contributed by atoms with Gasteiger partial charge in [-0.05, 0) is 132 Å². The van der Waals surface area contributed by atoms with Crippen molar-refractivity contribution in [3.05, 3.63) is 47.6 Å². The van der Waals surface area contributed by atoms with Gasteiger partial charge < -0.3 is 39.2 Å². The molecule has 4 saturated heterocycles. The number of hydrogen-bond acceptors (Lipinski definition) is 13. The number of methoxy groups -OCH3 is 2. The Morgan fingerprint density at radius 3 is 2.25 bits per heavy atom. The van der Waals surface area contributed by atoms with E-state index >= 15 is 0 Å². The maximum atomic E-state index is 14.5. The number of ether oxygens (including phenoxy) is 4. The molecule has 0 aromatic heterocycles. The molecule has 1 aliphatic carbocycles. The van der Waals surface area contributed by atoms with E-state index in [1.54, 1.807) is 21.0 Å². The average Bonchev–Trinajstić information content (AvgIpc) is 3.62. The highest BCUT2D eigenvalue weighted by Crippen LogP contribution is 2.44. The monoisotopic (exact) mass is 973 g/mol. The molecule has 6 aliphatic rings. The summed E-state index contributed by atoms with van der Waals surface area (Å²) in [4.78, 5) is 58.3. The Labute approximate surface area is 404 Å². The zero-order valence-corrected chi connectivity index (χ0v) is 42.5. The molecule has 68 heavy (non-hydrogen) atoms. The highest BCUT2D eigenvalue weighted by atomic mass is 32.2. The van der Waals surface area contributed by atoms with Gasteiger partial charge in [0.2, 0.25) is 15.8 Å². The number of carbonyl (C=O) groups excluding carboxylic acids is 4. The van der Waals surface area contributed by atoms with Gasteiger partial charge in [0.25, 0.3) is 11.7 Å². The van der Waals surface area contributed by atoms with Gasteiger partial charge in [-0.2, -0.15) is 4.31 Å². The third-order valence-corrected chi connectivity index (χ3v) is 18.2. The minimum Gasteiger partial charge on any atom is -0.461 e. The number of allylic oxidation sites excluding steroid dienone is 6. The van der Waals surface area contributed by atoms with Gasteiger partial charge in [-0.3, -0.25) is 14.4 Å². The number of sulfonamides is 1. The molecule has 16 atom stereocenters. The lowest BCUT2D eigenvalue weighted by Crippen LogP contribution is -2.61. The first-order valence-corrected chi connectivity index (χ1v) is 26.9. The number of aliphatic hydroxyl groups excluding tert-OH is 2. The molecule has 3 N–H and O–H groups in total. The zero-order valence-electron chi connectivity index (χ0n) is 41.7. The molecule has 5 fully saturated rings. The van der Waals surface area contributed by atoms with Gasteiger partial charge in [0.15, 0.2) is 5.78 Å². The van der Waals surface area contributed by atoms with Crippen LogP contribution in [0.25, 0.3) is 0 Å². The SMILES string of the molecule is CO[C@@H]1C[C@H](C[C@H]2C3CCN4C(=O)C(=O)[C@]5(O)O[C@@H](CC[C@H]5C)C[C@@H](N5CCCS5(=O)=O)/C(C)=C/C=C/C=C/[C@@H](C)C[C@@H](C)C(=O)[C@H](OC)[C@H](O)/C(C)=C/[C@@H](C)CC[C@@H]2OC(=O)[C@@H]4C3)CC[C@H]1O. The number of rotatable bonds is 5. The predicted molar refractivity (Wildman–Crippen MR) is 256 cm³/mol. The summed E-state index contributed by atoms with van der Waals surface area (Å²) in [7, 11) is -0.564. The minimum absolute atomic E-state index is 0.00280. The Hall–Kier alpha value is -3.09. The second-order valence-electron chi connectivity index (χ2n) is 21.2. The summed E-state index contributed by atoms with van der Waals surface area (Å²) in [6.45, 7) is 11.6. The molecule has 0 aromatic carbocycles. The lowest BCUT2D eigenvalue weighted by molar-refractivity contribution is -0.264. The topological polar surface area (TPSA) is 207 Å². The molecule has 0 spiro atoms. The van der Waals surface area contributed by atoms with Crippen molar-refractivity contribution in [1.29, 1.82) is 0 Å². The lowest BCUT2D eigenvalue weighted by Gasteiger charge is -2.44. The Morgan fingerprint density at radius 2 is 1.56 bits per heavy atom. The van der Waals surface area contributed by atoms with E-state index in [1.807, 2.05) is 64.2 Å². The molecule has 0 aromatic rings. The summed E-state index contributed by atoms with van der Waals surface area (Å²) >= 11 is 0. The van der Waals surface area contributed by atoms with Crippen LogP contribution < -0.4 is 0 Å². The van der Waals surface area contributed by atoms with Crippen molar-refractivity contribution in [3.8, 4) is 0 Å². The number of amides is 1. The third kappa shape index (κ3) is 12.5. The van der Waals surface area contributed by atoms with Crippen LogP contribution in [0.5, 0.6) is 0 Å². The summed E-state index contributed by atoms with van der Waals surface area (Å²) in [6, 6.07) is -1.70. The van der Waals surface area contributed by atoms with Crippen molar-refractivity contribution < 1.29 is 61.9 Å². The molecule has 15 nitrogen and oxygen atoms in total. The number of piperidine rings is 1. The fourth-order valence-corrected chi connectivity index (χ4v) is 13.9. The number of fused-ring (bicyclic) bond motifs is 5. The number of aliphatic hydroxyl groups is 3. The summed E-state index contributed by atoms with van der Waals surface area (Å²) in [5.74, 6) is -6.64. The van der Waals surface area contributed by atoms with Gasteiger partial charge in [-0.15, -0.1) is 0 Å². The first kappa shape index (κ1) is 54.2. The lowest BCUT2D eigenvalue weighted by atomic mass is 9.71. The van der Waals surface area contributed by atoms with Crippen molar-refractivity contribution in [2.45, 2.75) is 180 Å². The van der Waals surface area contributed by atoms with E-state index in [-0.39, 0.29) is 66.6 Å². The molecule has 382 valence electrons. The van der Waals surface area contributed by atoms with E-state index in [4.69, 9.17) is 18.9 Å². The van der Waals surface area contributed by atoms with Crippen LogP contribution in [0.3, 0.4) is 0 Å². The fourth-order valence-electron chi connectivity index (χ4n) is 12.1. The van der Waals surface area contributed by atoms with E-state index in [0.29, 0.717) is 69.9 Å². The van der Waals surface area contributed by atoms with Crippen molar-refractivity contribution in [3.63, 3.8) is 0 Å². The molecular formula is C52H80N2O13S. The van der Waals surface area contributed by atoms with E-state index in [9.17, 15) is 42.9 Å². The van der Waals surface area contributed by atoms with Gasteiger partial charge in [-0.1, -0.05) is 69.7 Å². The second-order valence-corrected chi connectivity index (χ2v) is 23.3. The molecule has 0 radical (unpaired) electrons. The molecule has 1 saturated carbocycles. The number of hydrogen-bond donors (Lipinski definition) is 3. The third-order valence-electron chi connectivity index (χ3n) is 16.2. The van der Waals surface area contributed by atoms with Crippen LogP contribution in [-0.4, -0.2) is 144 Å². The largest absolute Gasteiger partial charge is 0.461 e. The molecule has 5 heterocycles. The second kappa shape index (κ2) is 23.4. The summed E-state index contributed by atoms with van der Waals surface area (Å²) in [5, 5.41) is 34.3. The smallest absolute Gasteiger partial charge is 0.329 e. The average molecular weight is 973 g/mol. The molecule has 6 rings (SSSR count). The van der Waals surface area contributed by atoms with Crippen LogP contribution in [0, 0.1) is 41.4 Å². The van der Waals surface area contributed by atoms with Crippen LogP contribution in [0.4, 0.5) is 0 Å². The molecule has 1 amide bonds. The summed E-state index contributed by atoms with van der Waals surface area (Å²) in [5.41, 5.74) is 1.33. The molecule has 1 unspecified atom stereocenters. The standard InChI is InChI=1S/C52H80N2O13S/c1-31-13-10-9-11-14-33(3)41(54-22-12-24-68(54,62)63)30-39-18-16-36(6)52(61,67-39)49(58)50(59)53-23-21-38-29-42(53)51(60)66-44(40(38)27-37-17-19-43(55)45(28-37)64-7)20-15-32(2)26-35(5)47(57)48(65-8)46(56)34(4)25-31/h9-11,13-14,26,31-32,34,36-45,47-48,55,57,61H,12,15-25,27-30H2,1-8H3/b11-9+,13-10+,33-14+,35-26+/t31-,32+,34-,36-,37+,38?,39+,40+,41-,42+,43-,44+,45-,47-,48+,52-/m1/s1. The van der Waals surface area contributed by atoms with E-state index in [0.717, 1.165) is 18.4 Å². The quantitative estimate of drug-likeness (QED) is 0.174. The van der Waals surface area contributed by atoms with Crippen molar-refractivity contribution >= 4 is 33.5 Å². The number of esters is 1. The number of nitrogens with zero attached hydrogens (tertiary/aromatic N) is 2. The zero-order chi connectivity index (χ0) is 49.7. The van der Waals surface area contributed by atoms with Gasteiger partial charge in [-0.25, -0.2) is 13.2 Å². The molecule has 16 heteroatoms. The van der Waals surface area contributed by atoms with Gasteiger partial charge in [0.1, 0.15) is 24.4 Å². The fraction of sp³-hybridized carbons (Fsp3) is 0.769. The Morgan fingerprint density at radius 1 is 0.809 bits per heavy atom. The van der Waals surface area contributed by atoms with Crippen molar-refractivity contribution in [2.75, 3.05) is 33.1 Å². The maximum absolute atomic E-state index is 14.5. The minimum atomic E-state index is -3.60. The highest BCUT2D eigenvalue weighted by molar-refractivity contribution is 7.89. The van der Waals surface area contributed by atoms with E-state index < -0.39 is 87.9 Å². The van der Waals surface area contributed by atoms with Crippen molar-refractivity contribution in [2.24, 2.45) is 41.4 Å². The maximum Gasteiger partial charge on any atom is 0.329 e. The van der Waals surface area contributed by atoms with Crippen LogP contribution in [0.1, 0.15) is 125 Å². The van der Waals surface area contributed by atoms with Gasteiger partial charge >= 0.3 is 5.97 Å². The number of carbonyl (C=O) groups is 4. The molecule has 5 bridgehead atoms. The van der Waals surface area contributed by atoms with Crippen molar-refractivity contribution in [1.82, 2.24) is 9.21 Å². The Balaban J connectivity index is 1.33. The number of Topliss-reactive ketones (excluding diaryl/α,β-unsaturated/α-hetero) is 2. The van der Waals surface area contributed by atoms with Gasteiger partial charge in [0.05, 0.1) is 24.1 Å². The van der Waals surface area contributed by atoms with Gasteiger partial charge in [0, 0.05) is 45.2 Å². The van der Waals surface area contributed by atoms with Crippen LogP contribution in [0.15, 0.2) is 47.6 Å². The highest BCUT2D eigenvalue weighted by Gasteiger charge is 2.55. The van der Waals surface area contributed by atoms with E-state index in [2.05, 4.69) is 0 Å². The molecular weight excluding hydrogens is 893 g/mol. The first-order valence-electron chi connectivity index (χ1n) is 25.3. The normalized spacial score (nSPS) is 43.5. The Kier molecular flexibility index (Phi) is 18.7.